The number of amides is 1. The molecule has 1 amide bonds. The van der Waals surface area contributed by atoms with Gasteiger partial charge in [0.1, 0.15) is 0 Å². The Bertz CT molecular complexity index is 180. The van der Waals surface area contributed by atoms with Crippen LogP contribution in [0, 0.1) is 5.92 Å². The molecule has 0 radical (unpaired) electrons. The predicted molar refractivity (Wildman–Crippen MR) is 53.5 cm³/mol. The number of carbonyl (C=O) groups is 1. The van der Waals surface area contributed by atoms with Crippen LogP contribution in [-0.2, 0) is 4.79 Å². The van der Waals surface area contributed by atoms with Gasteiger partial charge < -0.3 is 10.2 Å². The fraction of sp³-hybridized carbons (Fsp3) is 0.900. The standard InChI is InChI=1S/C10H20N2O/c1-8(2)6-10-7-12(9(3)13)5-4-11-10/h8,10-11H,4-7H2,1-3H3. The Kier molecular flexibility index (Phi) is 3.72. The lowest BCUT2D eigenvalue weighted by atomic mass is 10.0. The minimum absolute atomic E-state index is 0.204. The summed E-state index contributed by atoms with van der Waals surface area (Å²) in [5, 5.41) is 3.44. The van der Waals surface area contributed by atoms with Crippen LogP contribution in [0.2, 0.25) is 0 Å². The van der Waals surface area contributed by atoms with Crippen LogP contribution in [0.5, 0.6) is 0 Å². The van der Waals surface area contributed by atoms with Gasteiger partial charge in [-0.15, -0.1) is 0 Å². The van der Waals surface area contributed by atoms with Crippen LogP contribution >= 0.6 is 0 Å². The molecule has 1 N–H and O–H groups in total. The molecule has 3 nitrogen and oxygen atoms in total. The van der Waals surface area contributed by atoms with E-state index in [-0.39, 0.29) is 5.91 Å². The zero-order chi connectivity index (χ0) is 9.84. The van der Waals surface area contributed by atoms with Crippen LogP contribution < -0.4 is 5.32 Å². The Hall–Kier alpha value is -0.570. The highest BCUT2D eigenvalue weighted by Gasteiger charge is 2.21. The molecule has 0 aliphatic carbocycles. The molecule has 13 heavy (non-hydrogen) atoms. The quantitative estimate of drug-likeness (QED) is 0.690. The number of nitrogens with zero attached hydrogens (tertiary/aromatic N) is 1. The van der Waals surface area contributed by atoms with Gasteiger partial charge in [0.15, 0.2) is 0 Å². The monoisotopic (exact) mass is 184 g/mol. The lowest BCUT2D eigenvalue weighted by molar-refractivity contribution is -0.130. The zero-order valence-electron chi connectivity index (χ0n) is 8.84. The molecule has 0 aromatic rings. The molecule has 1 saturated heterocycles. The molecule has 0 saturated carbocycles. The van der Waals surface area contributed by atoms with E-state index in [0.29, 0.717) is 12.0 Å². The Morgan fingerprint density at radius 2 is 2.31 bits per heavy atom. The van der Waals surface area contributed by atoms with E-state index in [1.54, 1.807) is 6.92 Å². The van der Waals surface area contributed by atoms with Crippen molar-refractivity contribution < 1.29 is 4.79 Å². The van der Waals surface area contributed by atoms with Gasteiger partial charge in [-0.05, 0) is 12.3 Å². The summed E-state index contributed by atoms with van der Waals surface area (Å²) in [6.45, 7) is 8.77. The fourth-order valence-electron chi connectivity index (χ4n) is 1.84. The summed E-state index contributed by atoms with van der Waals surface area (Å²) in [5.41, 5.74) is 0. The first-order chi connectivity index (χ1) is 6.09. The SMILES string of the molecule is CC(=O)N1CCNC(CC(C)C)C1. The van der Waals surface area contributed by atoms with Crippen LogP contribution in [-0.4, -0.2) is 36.5 Å². The summed E-state index contributed by atoms with van der Waals surface area (Å²) in [6.07, 6.45) is 1.16. The van der Waals surface area contributed by atoms with Crippen molar-refractivity contribution in [2.45, 2.75) is 33.2 Å². The number of nitrogens with one attached hydrogen (secondary N) is 1. The third kappa shape index (κ3) is 3.35. The van der Waals surface area contributed by atoms with E-state index >= 15 is 0 Å². The van der Waals surface area contributed by atoms with Crippen LogP contribution in [0.1, 0.15) is 27.2 Å². The second kappa shape index (κ2) is 4.61. The highest BCUT2D eigenvalue weighted by atomic mass is 16.2. The average Bonchev–Trinajstić information content (AvgIpc) is 2.03. The highest BCUT2D eigenvalue weighted by Crippen LogP contribution is 2.09. The topological polar surface area (TPSA) is 32.3 Å². The lowest BCUT2D eigenvalue weighted by Gasteiger charge is -2.33. The third-order valence-corrected chi connectivity index (χ3v) is 2.46. The number of hydrogen-bond acceptors (Lipinski definition) is 2. The van der Waals surface area contributed by atoms with Crippen LogP contribution in [0.4, 0.5) is 0 Å². The molecule has 0 aromatic carbocycles. The summed E-state index contributed by atoms with van der Waals surface area (Å²) in [4.78, 5) is 13.1. The van der Waals surface area contributed by atoms with E-state index < -0.39 is 0 Å². The maximum atomic E-state index is 11.1. The van der Waals surface area contributed by atoms with Gasteiger partial charge in [-0.1, -0.05) is 13.8 Å². The summed E-state index contributed by atoms with van der Waals surface area (Å²) in [7, 11) is 0. The van der Waals surface area contributed by atoms with E-state index in [2.05, 4.69) is 19.2 Å². The van der Waals surface area contributed by atoms with Gasteiger partial charge in [0.05, 0.1) is 0 Å². The first kappa shape index (κ1) is 10.5. The molecule has 76 valence electrons. The van der Waals surface area contributed by atoms with E-state index in [0.717, 1.165) is 26.1 Å². The molecule has 0 spiro atoms. The van der Waals surface area contributed by atoms with Gasteiger partial charge in [-0.2, -0.15) is 0 Å². The number of rotatable bonds is 2. The second-order valence-corrected chi connectivity index (χ2v) is 4.25. The number of piperazine rings is 1. The first-order valence-electron chi connectivity index (χ1n) is 5.08. The van der Waals surface area contributed by atoms with Crippen molar-refractivity contribution in [3.63, 3.8) is 0 Å². The Labute approximate surface area is 80.5 Å². The average molecular weight is 184 g/mol. The highest BCUT2D eigenvalue weighted by molar-refractivity contribution is 5.73. The van der Waals surface area contributed by atoms with E-state index in [9.17, 15) is 4.79 Å². The van der Waals surface area contributed by atoms with Gasteiger partial charge in [0, 0.05) is 32.6 Å². The Balaban J connectivity index is 2.37. The summed E-state index contributed by atoms with van der Waals surface area (Å²) < 4.78 is 0. The van der Waals surface area contributed by atoms with Crippen molar-refractivity contribution in [3.8, 4) is 0 Å². The third-order valence-electron chi connectivity index (χ3n) is 2.46. The molecule has 0 aromatic heterocycles. The molecule has 1 aliphatic rings. The first-order valence-corrected chi connectivity index (χ1v) is 5.08. The maximum absolute atomic E-state index is 11.1. The molecule has 1 unspecified atom stereocenters. The molecule has 1 heterocycles. The van der Waals surface area contributed by atoms with Gasteiger partial charge in [-0.3, -0.25) is 4.79 Å². The largest absolute Gasteiger partial charge is 0.340 e. The van der Waals surface area contributed by atoms with Crippen LogP contribution in [0.3, 0.4) is 0 Å². The van der Waals surface area contributed by atoms with Crippen LogP contribution in [0.25, 0.3) is 0 Å². The normalized spacial score (nSPS) is 23.7. The van der Waals surface area contributed by atoms with Crippen molar-refractivity contribution in [2.24, 2.45) is 5.92 Å². The van der Waals surface area contributed by atoms with Crippen LogP contribution in [0.15, 0.2) is 0 Å². The van der Waals surface area contributed by atoms with Crippen molar-refractivity contribution >= 4 is 5.91 Å². The van der Waals surface area contributed by atoms with Crippen molar-refractivity contribution in [2.75, 3.05) is 19.6 Å². The smallest absolute Gasteiger partial charge is 0.219 e. The molecular formula is C10H20N2O. The van der Waals surface area contributed by atoms with E-state index in [1.807, 2.05) is 4.90 Å². The van der Waals surface area contributed by atoms with Gasteiger partial charge >= 0.3 is 0 Å². The van der Waals surface area contributed by atoms with E-state index in [4.69, 9.17) is 0 Å². The summed E-state index contributed by atoms with van der Waals surface area (Å²) in [6, 6.07) is 0.498. The molecule has 3 heteroatoms. The predicted octanol–water partition coefficient (Wildman–Crippen LogP) is 0.853. The fourth-order valence-corrected chi connectivity index (χ4v) is 1.84. The molecule has 1 fully saturated rings. The maximum Gasteiger partial charge on any atom is 0.219 e. The van der Waals surface area contributed by atoms with Gasteiger partial charge in [0.25, 0.3) is 0 Å². The second-order valence-electron chi connectivity index (χ2n) is 4.25. The molecule has 1 atom stereocenters. The molecule has 1 rings (SSSR count). The Morgan fingerprint density at radius 1 is 1.62 bits per heavy atom. The Morgan fingerprint density at radius 3 is 2.85 bits per heavy atom. The van der Waals surface area contributed by atoms with Crippen molar-refractivity contribution in [3.05, 3.63) is 0 Å². The summed E-state index contributed by atoms with van der Waals surface area (Å²) in [5.74, 6) is 0.902. The lowest BCUT2D eigenvalue weighted by Crippen LogP contribution is -2.52. The summed E-state index contributed by atoms with van der Waals surface area (Å²) >= 11 is 0. The number of hydrogen-bond donors (Lipinski definition) is 1. The molecule has 1 aliphatic heterocycles. The van der Waals surface area contributed by atoms with Gasteiger partial charge in [0.2, 0.25) is 5.91 Å². The minimum Gasteiger partial charge on any atom is -0.340 e. The minimum atomic E-state index is 0.204. The zero-order valence-corrected chi connectivity index (χ0v) is 8.84. The van der Waals surface area contributed by atoms with Crippen molar-refractivity contribution in [1.29, 1.82) is 0 Å². The molecule has 0 bridgehead atoms. The van der Waals surface area contributed by atoms with Crippen molar-refractivity contribution in [1.82, 2.24) is 10.2 Å². The van der Waals surface area contributed by atoms with Gasteiger partial charge in [-0.25, -0.2) is 0 Å². The number of carbonyl (C=O) groups excluding carboxylic acids is 1. The molecular weight excluding hydrogens is 164 g/mol. The van der Waals surface area contributed by atoms with E-state index in [1.165, 1.54) is 0 Å².